The van der Waals surface area contributed by atoms with Gasteiger partial charge in [-0.2, -0.15) is 29.9 Å². The molecule has 202 valence electrons. The van der Waals surface area contributed by atoms with E-state index < -0.39 is 36.1 Å². The molecule has 0 aliphatic heterocycles. The molecular weight excluding hydrogens is 524 g/mol. The maximum atomic E-state index is 12.4. The second-order valence-corrected chi connectivity index (χ2v) is 10.6. The molecule has 0 saturated heterocycles. The van der Waals surface area contributed by atoms with Gasteiger partial charge in [-0.25, -0.2) is 9.59 Å². The summed E-state index contributed by atoms with van der Waals surface area (Å²) < 4.78 is 10.1. The van der Waals surface area contributed by atoms with Crippen LogP contribution in [0.5, 0.6) is 0 Å². The first-order valence-corrected chi connectivity index (χ1v) is 14.7. The summed E-state index contributed by atoms with van der Waals surface area (Å²) in [5.74, 6) is -0.751. The Hall–Kier alpha value is -2.05. The van der Waals surface area contributed by atoms with Crippen LogP contribution in [0.25, 0.3) is 0 Å². The Morgan fingerprint density at radius 2 is 1.75 bits per heavy atom. The molecule has 36 heavy (non-hydrogen) atoms. The van der Waals surface area contributed by atoms with E-state index in [1.807, 2.05) is 36.6 Å². The average Bonchev–Trinajstić information content (AvgIpc) is 2.84. The highest BCUT2D eigenvalue weighted by Crippen LogP contribution is 2.12. The van der Waals surface area contributed by atoms with Crippen LogP contribution in [0.2, 0.25) is 0 Å². The highest BCUT2D eigenvalue weighted by Gasteiger charge is 2.21. The Morgan fingerprint density at radius 1 is 1.06 bits per heavy atom. The predicted octanol–water partition coefficient (Wildman–Crippen LogP) is 3.48. The molecule has 0 bridgehead atoms. The smallest absolute Gasteiger partial charge is 0.410 e. The Kier molecular flexibility index (Phi) is 16.2. The predicted molar refractivity (Wildman–Crippen MR) is 146 cm³/mol. The standard InChI is InChI=1S/C24H36N2O7S3/c1-16(2)23(29)31-17(3)32-24(30)25-20(10-11-35-4)14-36-15-21(27)33-26-22(28)19(13-34)12-18-8-6-5-7-9-18/h5-9,16-17,19-20,34H,10-15H2,1-4H3,(H,25,30)(H,26,28). The van der Waals surface area contributed by atoms with Gasteiger partial charge in [0.05, 0.1) is 17.6 Å². The minimum Gasteiger partial charge on any atom is -0.425 e. The minimum absolute atomic E-state index is 0.0145. The van der Waals surface area contributed by atoms with Crippen LogP contribution in [-0.2, 0) is 35.1 Å². The summed E-state index contributed by atoms with van der Waals surface area (Å²) in [5.41, 5.74) is 3.21. The monoisotopic (exact) mass is 560 g/mol. The lowest BCUT2D eigenvalue weighted by atomic mass is 10.0. The molecule has 1 rings (SSSR count). The lowest BCUT2D eigenvalue weighted by Crippen LogP contribution is -2.40. The molecule has 2 amide bonds. The minimum atomic E-state index is -1.02. The number of hydrogen-bond donors (Lipinski definition) is 3. The second kappa shape index (κ2) is 18.2. The van der Waals surface area contributed by atoms with Gasteiger partial charge in [0, 0.05) is 24.5 Å². The highest BCUT2D eigenvalue weighted by molar-refractivity contribution is 8.00. The molecule has 2 N–H and O–H groups in total. The second-order valence-electron chi connectivity index (χ2n) is 8.21. The first-order valence-electron chi connectivity index (χ1n) is 11.5. The third-order valence-corrected chi connectivity index (χ3v) is 6.90. The number of carbonyl (C=O) groups excluding carboxylic acids is 4. The Morgan fingerprint density at radius 3 is 2.36 bits per heavy atom. The van der Waals surface area contributed by atoms with Gasteiger partial charge in [0.2, 0.25) is 6.29 Å². The van der Waals surface area contributed by atoms with Crippen LogP contribution in [0.15, 0.2) is 30.3 Å². The summed E-state index contributed by atoms with van der Waals surface area (Å²) in [6, 6.07) is 9.25. The van der Waals surface area contributed by atoms with Gasteiger partial charge in [0.25, 0.3) is 5.91 Å². The first-order chi connectivity index (χ1) is 17.2. The van der Waals surface area contributed by atoms with Crippen molar-refractivity contribution in [2.75, 3.05) is 29.3 Å². The van der Waals surface area contributed by atoms with Crippen molar-refractivity contribution in [3.05, 3.63) is 35.9 Å². The molecule has 1 aromatic carbocycles. The SMILES string of the molecule is CSCCC(CSCC(=O)ONC(=O)C(CS)Cc1ccccc1)NC(=O)OC(C)OC(=O)C(C)C. The van der Waals surface area contributed by atoms with Crippen molar-refractivity contribution >= 4 is 60.1 Å². The van der Waals surface area contributed by atoms with E-state index in [4.69, 9.17) is 14.3 Å². The van der Waals surface area contributed by atoms with Crippen molar-refractivity contribution in [1.82, 2.24) is 10.8 Å². The van der Waals surface area contributed by atoms with E-state index in [9.17, 15) is 19.2 Å². The van der Waals surface area contributed by atoms with Crippen LogP contribution in [0, 0.1) is 11.8 Å². The zero-order chi connectivity index (χ0) is 26.9. The molecule has 0 heterocycles. The normalized spacial score (nSPS) is 13.3. The number of thioether (sulfide) groups is 2. The fraction of sp³-hybridized carbons (Fsp3) is 0.583. The van der Waals surface area contributed by atoms with Crippen LogP contribution < -0.4 is 10.8 Å². The molecule has 0 fully saturated rings. The summed E-state index contributed by atoms with van der Waals surface area (Å²) in [4.78, 5) is 53.2. The lowest BCUT2D eigenvalue weighted by Gasteiger charge is -2.20. The lowest BCUT2D eigenvalue weighted by molar-refractivity contribution is -0.168. The van der Waals surface area contributed by atoms with Crippen LogP contribution >= 0.6 is 36.2 Å². The number of thiol groups is 1. The van der Waals surface area contributed by atoms with Gasteiger partial charge in [0.1, 0.15) is 0 Å². The van der Waals surface area contributed by atoms with E-state index in [0.29, 0.717) is 24.3 Å². The van der Waals surface area contributed by atoms with E-state index in [1.165, 1.54) is 18.7 Å². The zero-order valence-electron chi connectivity index (χ0n) is 21.1. The molecule has 3 unspecified atom stereocenters. The van der Waals surface area contributed by atoms with Gasteiger partial charge in [-0.1, -0.05) is 44.2 Å². The molecule has 0 saturated carbocycles. The van der Waals surface area contributed by atoms with Crippen molar-refractivity contribution in [2.24, 2.45) is 11.8 Å². The molecule has 1 aromatic rings. The third kappa shape index (κ3) is 13.9. The van der Waals surface area contributed by atoms with Crippen molar-refractivity contribution in [1.29, 1.82) is 0 Å². The summed E-state index contributed by atoms with van der Waals surface area (Å²) in [6.45, 7) is 4.84. The third-order valence-electron chi connectivity index (χ3n) is 4.74. The van der Waals surface area contributed by atoms with Gasteiger partial charge < -0.3 is 19.6 Å². The van der Waals surface area contributed by atoms with E-state index in [2.05, 4.69) is 23.4 Å². The summed E-state index contributed by atoms with van der Waals surface area (Å²) in [5, 5.41) is 2.74. The Balaban J connectivity index is 2.42. The number of alkyl carbamates (subject to hydrolysis) is 1. The van der Waals surface area contributed by atoms with Crippen LogP contribution in [-0.4, -0.2) is 65.5 Å². The molecule has 0 spiro atoms. The average molecular weight is 561 g/mol. The number of esters is 1. The van der Waals surface area contributed by atoms with Gasteiger partial charge in [-0.05, 0) is 30.4 Å². The van der Waals surface area contributed by atoms with Gasteiger partial charge in [-0.15, -0.1) is 11.8 Å². The number of hydrogen-bond acceptors (Lipinski definition) is 10. The fourth-order valence-electron chi connectivity index (χ4n) is 2.78. The maximum Gasteiger partial charge on any atom is 0.410 e. The first kappa shape index (κ1) is 32.0. The van der Waals surface area contributed by atoms with Crippen molar-refractivity contribution in [3.63, 3.8) is 0 Å². The summed E-state index contributed by atoms with van der Waals surface area (Å²) >= 11 is 7.11. The van der Waals surface area contributed by atoms with E-state index in [0.717, 1.165) is 11.3 Å². The molecule has 0 aliphatic rings. The summed E-state index contributed by atoms with van der Waals surface area (Å²) in [6.07, 6.45) is 1.35. The zero-order valence-corrected chi connectivity index (χ0v) is 23.6. The van der Waals surface area contributed by atoms with Gasteiger partial charge in [0.15, 0.2) is 0 Å². The van der Waals surface area contributed by atoms with E-state index >= 15 is 0 Å². The molecule has 12 heteroatoms. The molecule has 0 radical (unpaired) electrons. The molecule has 0 aromatic heterocycles. The van der Waals surface area contributed by atoms with E-state index in [-0.39, 0.29) is 17.7 Å². The fourth-order valence-corrected chi connectivity index (χ4v) is 4.47. The largest absolute Gasteiger partial charge is 0.425 e. The number of ether oxygens (including phenoxy) is 2. The number of benzene rings is 1. The Labute approximate surface area is 226 Å². The number of carbonyl (C=O) groups is 4. The van der Waals surface area contributed by atoms with Gasteiger partial charge >= 0.3 is 18.0 Å². The van der Waals surface area contributed by atoms with Crippen LogP contribution in [0.3, 0.4) is 0 Å². The molecule has 9 nitrogen and oxygen atoms in total. The number of rotatable bonds is 15. The van der Waals surface area contributed by atoms with E-state index in [1.54, 1.807) is 25.6 Å². The topological polar surface area (TPSA) is 120 Å². The Bertz CT molecular complexity index is 827. The summed E-state index contributed by atoms with van der Waals surface area (Å²) in [7, 11) is 0. The maximum absolute atomic E-state index is 12.4. The van der Waals surface area contributed by atoms with Crippen molar-refractivity contribution in [3.8, 4) is 0 Å². The molecular formula is C24H36N2O7S3. The van der Waals surface area contributed by atoms with Crippen molar-refractivity contribution < 1.29 is 33.5 Å². The molecule has 3 atom stereocenters. The van der Waals surface area contributed by atoms with Crippen molar-refractivity contribution in [2.45, 2.75) is 45.9 Å². The molecule has 0 aliphatic carbocycles. The number of nitrogens with one attached hydrogen (secondary N) is 2. The highest BCUT2D eigenvalue weighted by atomic mass is 32.2. The quantitative estimate of drug-likeness (QED) is 0.128. The van der Waals surface area contributed by atoms with Crippen LogP contribution in [0.1, 0.15) is 32.8 Å². The number of amides is 2. The van der Waals surface area contributed by atoms with Gasteiger partial charge in [-0.3, -0.25) is 9.59 Å². The number of hydroxylamine groups is 1. The van der Waals surface area contributed by atoms with Crippen LogP contribution in [0.4, 0.5) is 4.79 Å².